The van der Waals surface area contributed by atoms with Crippen molar-refractivity contribution in [1.82, 2.24) is 15.5 Å². The van der Waals surface area contributed by atoms with E-state index in [4.69, 9.17) is 4.74 Å². The first-order valence-electron chi connectivity index (χ1n) is 14.3. The van der Waals surface area contributed by atoms with Crippen molar-refractivity contribution in [3.63, 3.8) is 0 Å². The molecule has 0 bridgehead atoms. The first kappa shape index (κ1) is 32.9. The van der Waals surface area contributed by atoms with Crippen molar-refractivity contribution >= 4 is 17.9 Å². The van der Waals surface area contributed by atoms with Gasteiger partial charge in [-0.3, -0.25) is 9.59 Å². The van der Waals surface area contributed by atoms with E-state index in [9.17, 15) is 14.4 Å². The zero-order valence-corrected chi connectivity index (χ0v) is 25.9. The molecule has 7 nitrogen and oxygen atoms in total. The number of nitrogens with zero attached hydrogens (tertiary/aromatic N) is 1. The largest absolute Gasteiger partial charge is 0.444 e. The third kappa shape index (κ3) is 10.7. The van der Waals surface area contributed by atoms with Crippen LogP contribution in [0.3, 0.4) is 0 Å². The summed E-state index contributed by atoms with van der Waals surface area (Å²) in [7, 11) is 0. The van der Waals surface area contributed by atoms with Crippen LogP contribution in [0.5, 0.6) is 0 Å². The van der Waals surface area contributed by atoms with E-state index in [0.29, 0.717) is 6.54 Å². The highest BCUT2D eigenvalue weighted by molar-refractivity contribution is 5.92. The lowest BCUT2D eigenvalue weighted by Gasteiger charge is -2.36. The van der Waals surface area contributed by atoms with E-state index in [1.807, 2.05) is 83.1 Å². The Hall–Kier alpha value is -3.35. The second-order valence-electron chi connectivity index (χ2n) is 12.6. The molecule has 0 aliphatic heterocycles. The Morgan fingerprint density at radius 1 is 0.925 bits per heavy atom. The molecule has 0 heterocycles. The molecule has 0 radical (unpaired) electrons. The number of alkyl carbamates (subject to hydrolysis) is 1. The molecule has 2 rings (SSSR count). The number of rotatable bonds is 11. The van der Waals surface area contributed by atoms with Crippen LogP contribution in [0.2, 0.25) is 0 Å². The Bertz CT molecular complexity index is 1130. The van der Waals surface area contributed by atoms with Gasteiger partial charge in [-0.1, -0.05) is 73.9 Å². The van der Waals surface area contributed by atoms with Gasteiger partial charge in [-0.05, 0) is 78.5 Å². The number of carbonyl (C=O) groups is 3. The van der Waals surface area contributed by atoms with Gasteiger partial charge >= 0.3 is 6.09 Å². The van der Waals surface area contributed by atoms with E-state index >= 15 is 0 Å². The highest BCUT2D eigenvalue weighted by Gasteiger charge is 2.37. The van der Waals surface area contributed by atoms with Crippen LogP contribution in [0, 0.1) is 13.8 Å². The van der Waals surface area contributed by atoms with Crippen LogP contribution >= 0.6 is 0 Å². The van der Waals surface area contributed by atoms with Gasteiger partial charge in [0.05, 0.1) is 0 Å². The summed E-state index contributed by atoms with van der Waals surface area (Å²) >= 11 is 0. The summed E-state index contributed by atoms with van der Waals surface area (Å²) in [6.07, 6.45) is 2.21. The van der Waals surface area contributed by atoms with E-state index in [1.165, 1.54) is 0 Å². The Kier molecular flexibility index (Phi) is 11.8. The smallest absolute Gasteiger partial charge is 0.408 e. The molecule has 2 atom stereocenters. The molecule has 2 N–H and O–H groups in total. The third-order valence-corrected chi connectivity index (χ3v) is 6.34. The van der Waals surface area contributed by atoms with Crippen molar-refractivity contribution in [2.45, 2.75) is 111 Å². The first-order chi connectivity index (χ1) is 18.6. The summed E-state index contributed by atoms with van der Waals surface area (Å²) in [5.74, 6) is -0.570. The highest BCUT2D eigenvalue weighted by Crippen LogP contribution is 2.28. The van der Waals surface area contributed by atoms with Gasteiger partial charge in [0.1, 0.15) is 17.7 Å². The van der Waals surface area contributed by atoms with Crippen molar-refractivity contribution in [3.05, 3.63) is 70.8 Å². The maximum atomic E-state index is 14.5. The molecule has 0 saturated heterocycles. The summed E-state index contributed by atoms with van der Waals surface area (Å²) in [6, 6.07) is 13.7. The van der Waals surface area contributed by atoms with Gasteiger partial charge in [-0.2, -0.15) is 0 Å². The second-order valence-corrected chi connectivity index (χ2v) is 12.6. The van der Waals surface area contributed by atoms with Crippen LogP contribution in [0.15, 0.2) is 48.5 Å². The lowest BCUT2D eigenvalue weighted by Crippen LogP contribution is -2.55. The van der Waals surface area contributed by atoms with Crippen molar-refractivity contribution in [3.8, 4) is 0 Å². The molecular formula is C33H49N3O4. The van der Waals surface area contributed by atoms with Crippen molar-refractivity contribution in [2.24, 2.45) is 0 Å². The number of hydrogen-bond acceptors (Lipinski definition) is 4. The van der Waals surface area contributed by atoms with E-state index in [-0.39, 0.29) is 18.2 Å². The third-order valence-electron chi connectivity index (χ3n) is 6.34. The van der Waals surface area contributed by atoms with Gasteiger partial charge in [-0.25, -0.2) is 4.79 Å². The molecule has 0 aliphatic rings. The van der Waals surface area contributed by atoms with Crippen LogP contribution in [0.1, 0.15) is 96.0 Å². The van der Waals surface area contributed by atoms with Gasteiger partial charge in [0, 0.05) is 18.5 Å². The Labute approximate surface area is 241 Å². The first-order valence-corrected chi connectivity index (χ1v) is 14.3. The molecular weight excluding hydrogens is 502 g/mol. The van der Waals surface area contributed by atoms with Gasteiger partial charge in [-0.15, -0.1) is 0 Å². The summed E-state index contributed by atoms with van der Waals surface area (Å²) in [5, 5.41) is 5.93. The fourth-order valence-corrected chi connectivity index (χ4v) is 4.62. The Balaban J connectivity index is 2.61. The van der Waals surface area contributed by atoms with Crippen LogP contribution in [-0.4, -0.2) is 46.5 Å². The molecule has 0 aromatic heterocycles. The van der Waals surface area contributed by atoms with Crippen LogP contribution in [-0.2, 0) is 20.7 Å². The zero-order valence-electron chi connectivity index (χ0n) is 25.9. The van der Waals surface area contributed by atoms with Crippen molar-refractivity contribution < 1.29 is 19.1 Å². The van der Waals surface area contributed by atoms with E-state index < -0.39 is 29.3 Å². The lowest BCUT2D eigenvalue weighted by molar-refractivity contribution is -0.143. The number of benzene rings is 2. The molecule has 7 heteroatoms. The monoisotopic (exact) mass is 551 g/mol. The summed E-state index contributed by atoms with van der Waals surface area (Å²) in [6.45, 7) is 17.6. The minimum absolute atomic E-state index is 0.250. The maximum absolute atomic E-state index is 14.5. The average molecular weight is 552 g/mol. The number of unbranched alkanes of at least 4 members (excludes halogenated alkanes) is 2. The minimum atomic E-state index is -0.922. The fourth-order valence-electron chi connectivity index (χ4n) is 4.62. The number of hydrogen-bond donors (Lipinski definition) is 2. The molecule has 3 amide bonds. The quantitative estimate of drug-likeness (QED) is 0.316. The lowest BCUT2D eigenvalue weighted by atomic mass is 9.94. The topological polar surface area (TPSA) is 87.7 Å². The molecule has 0 aliphatic carbocycles. The van der Waals surface area contributed by atoms with Crippen molar-refractivity contribution in [2.75, 3.05) is 6.54 Å². The van der Waals surface area contributed by atoms with E-state index in [0.717, 1.165) is 41.5 Å². The summed E-state index contributed by atoms with van der Waals surface area (Å²) < 4.78 is 5.53. The normalized spacial score (nSPS) is 13.2. The van der Waals surface area contributed by atoms with Crippen LogP contribution in [0.25, 0.3) is 0 Å². The molecule has 2 unspecified atom stereocenters. The van der Waals surface area contributed by atoms with Gasteiger partial charge in [0.15, 0.2) is 0 Å². The van der Waals surface area contributed by atoms with Crippen LogP contribution < -0.4 is 10.6 Å². The predicted octanol–water partition coefficient (Wildman–Crippen LogP) is 6.41. The van der Waals surface area contributed by atoms with Crippen LogP contribution in [0.4, 0.5) is 4.79 Å². The van der Waals surface area contributed by atoms with Gasteiger partial charge in [0.25, 0.3) is 0 Å². The number of amides is 3. The Morgan fingerprint density at radius 3 is 2.12 bits per heavy atom. The van der Waals surface area contributed by atoms with E-state index in [1.54, 1.807) is 25.7 Å². The van der Waals surface area contributed by atoms with Crippen molar-refractivity contribution in [1.29, 1.82) is 0 Å². The SMILES string of the molecule is CCCCCN(C(=O)C(Cc1ccccc1)NC(=O)OC(C)(C)C)C(C(=O)NC(C)(C)C)c1ccc(C)cc1C. The van der Waals surface area contributed by atoms with Gasteiger partial charge in [0.2, 0.25) is 11.8 Å². The zero-order chi connectivity index (χ0) is 30.1. The number of ether oxygens (including phenoxy) is 1. The summed E-state index contributed by atoms with van der Waals surface area (Å²) in [4.78, 5) is 43.0. The molecule has 40 heavy (non-hydrogen) atoms. The van der Waals surface area contributed by atoms with E-state index in [2.05, 4.69) is 17.6 Å². The standard InChI is InChI=1S/C33H49N3O4/c1-10-11-15-20-36(28(29(37)35-32(4,5)6)26-19-18-23(2)21-24(26)3)30(38)27(22-25-16-13-12-14-17-25)34-31(39)40-33(7,8)9/h12-14,16-19,21,27-28H,10-11,15,20,22H2,1-9H3,(H,34,39)(H,35,37). The average Bonchev–Trinajstić information content (AvgIpc) is 2.82. The molecule has 220 valence electrons. The molecule has 0 saturated carbocycles. The molecule has 0 spiro atoms. The fraction of sp³-hybridized carbons (Fsp3) is 0.545. The predicted molar refractivity (Wildman–Crippen MR) is 161 cm³/mol. The molecule has 0 fully saturated rings. The molecule has 2 aromatic carbocycles. The Morgan fingerprint density at radius 2 is 1.57 bits per heavy atom. The minimum Gasteiger partial charge on any atom is -0.444 e. The number of carbonyl (C=O) groups excluding carboxylic acids is 3. The summed E-state index contributed by atoms with van der Waals surface area (Å²) in [5.41, 5.74) is 2.46. The maximum Gasteiger partial charge on any atom is 0.408 e. The second kappa shape index (κ2) is 14.3. The molecule has 2 aromatic rings. The number of aryl methyl sites for hydroxylation is 2. The number of nitrogens with one attached hydrogen (secondary N) is 2. The van der Waals surface area contributed by atoms with Gasteiger partial charge < -0.3 is 20.3 Å². The highest BCUT2D eigenvalue weighted by atomic mass is 16.6.